The van der Waals surface area contributed by atoms with Crippen molar-refractivity contribution in [2.24, 2.45) is 0 Å². The van der Waals surface area contributed by atoms with E-state index in [0.29, 0.717) is 29.1 Å². The maximum atomic E-state index is 14.8. The standard InChI is InChI=1S/C26H38BFN6O/c1-6-18-11-12-26(7-2,16-34(14-13-33(4)5)25-32-29-17(3)35-25)24-19(18)15-22(30-31-24)23-20(27)9-8-10-21(23)28/h10,15,18H,6-9,11-14,16,27H2,1-5H3/t18-,26+/m0/s1. The Kier molecular flexibility index (Phi) is 7.74. The molecule has 0 radical (unpaired) electrons. The Labute approximate surface area is 209 Å². The summed E-state index contributed by atoms with van der Waals surface area (Å²) in [5, 5.41) is 17.9. The summed E-state index contributed by atoms with van der Waals surface area (Å²) in [5.74, 6) is 0.790. The van der Waals surface area contributed by atoms with Crippen LogP contribution in [0, 0.1) is 6.92 Å². The van der Waals surface area contributed by atoms with E-state index in [4.69, 9.17) is 9.52 Å². The maximum absolute atomic E-state index is 14.8. The highest BCUT2D eigenvalue weighted by molar-refractivity contribution is 6.26. The normalized spacial score (nSPS) is 22.4. The van der Waals surface area contributed by atoms with E-state index in [2.05, 4.69) is 59.1 Å². The smallest absolute Gasteiger partial charge is 0.318 e. The van der Waals surface area contributed by atoms with Crippen LogP contribution in [0.5, 0.6) is 0 Å². The van der Waals surface area contributed by atoms with Gasteiger partial charge in [-0.3, -0.25) is 0 Å². The molecule has 2 atom stereocenters. The first-order valence-corrected chi connectivity index (χ1v) is 12.9. The highest BCUT2D eigenvalue weighted by Gasteiger charge is 2.42. The summed E-state index contributed by atoms with van der Waals surface area (Å²) >= 11 is 0. The third kappa shape index (κ3) is 5.20. The number of aromatic nitrogens is 4. The lowest BCUT2D eigenvalue weighted by molar-refractivity contribution is 0.297. The van der Waals surface area contributed by atoms with Crippen LogP contribution in [0.25, 0.3) is 5.57 Å². The molecule has 0 N–H and O–H groups in total. The molecular formula is C26H38BFN6O. The zero-order valence-electron chi connectivity index (χ0n) is 22.1. The largest absolute Gasteiger partial charge is 0.408 e. The van der Waals surface area contributed by atoms with E-state index >= 15 is 0 Å². The van der Waals surface area contributed by atoms with Crippen molar-refractivity contribution >= 4 is 19.4 Å². The fraction of sp³-hybridized carbons (Fsp3) is 0.615. The van der Waals surface area contributed by atoms with Gasteiger partial charge in [-0.25, -0.2) is 4.39 Å². The Balaban J connectivity index is 1.75. The number of aryl methyl sites for hydroxylation is 1. The second kappa shape index (κ2) is 10.6. The molecule has 0 aromatic carbocycles. The number of fused-ring (bicyclic) bond motifs is 1. The molecule has 0 saturated carbocycles. The van der Waals surface area contributed by atoms with Crippen LogP contribution in [0.1, 0.15) is 81.1 Å². The summed E-state index contributed by atoms with van der Waals surface area (Å²) in [6, 6.07) is 2.68. The van der Waals surface area contributed by atoms with Gasteiger partial charge >= 0.3 is 6.01 Å². The zero-order valence-corrected chi connectivity index (χ0v) is 22.1. The average molecular weight is 480 g/mol. The predicted molar refractivity (Wildman–Crippen MR) is 140 cm³/mol. The van der Waals surface area contributed by atoms with Gasteiger partial charge in [0.05, 0.1) is 11.4 Å². The lowest BCUT2D eigenvalue weighted by Crippen LogP contribution is -2.46. The summed E-state index contributed by atoms with van der Waals surface area (Å²) < 4.78 is 20.7. The summed E-state index contributed by atoms with van der Waals surface area (Å²) in [6.45, 7) is 8.65. The highest BCUT2D eigenvalue weighted by Crippen LogP contribution is 2.46. The van der Waals surface area contributed by atoms with Crippen molar-refractivity contribution in [1.29, 1.82) is 0 Å². The monoisotopic (exact) mass is 480 g/mol. The van der Waals surface area contributed by atoms with Crippen molar-refractivity contribution in [3.8, 4) is 0 Å². The van der Waals surface area contributed by atoms with E-state index in [1.54, 1.807) is 6.08 Å². The Bertz CT molecular complexity index is 1110. The SMILES string of the molecule is BC1=C(c2cc3c(nn2)[C@@](CC)(CN(CCN(C)C)c2nnc(C)o2)CC[C@@H]3CC)C(F)=CCC1. The number of anilines is 1. The molecule has 2 aliphatic rings. The molecule has 2 aromatic rings. The van der Waals surface area contributed by atoms with Gasteiger partial charge in [0.15, 0.2) is 0 Å². The van der Waals surface area contributed by atoms with Crippen LogP contribution in [0.2, 0.25) is 0 Å². The summed E-state index contributed by atoms with van der Waals surface area (Å²) in [4.78, 5) is 4.36. The summed E-state index contributed by atoms with van der Waals surface area (Å²) in [7, 11) is 6.14. The van der Waals surface area contributed by atoms with E-state index in [1.165, 1.54) is 5.56 Å². The third-order valence-electron chi connectivity index (χ3n) is 7.77. The van der Waals surface area contributed by atoms with Crippen molar-refractivity contribution in [2.45, 2.75) is 70.6 Å². The third-order valence-corrected chi connectivity index (χ3v) is 7.77. The van der Waals surface area contributed by atoms with Gasteiger partial charge in [0.25, 0.3) is 0 Å². The minimum absolute atomic E-state index is 0.171. The molecule has 0 aliphatic heterocycles. The first-order valence-electron chi connectivity index (χ1n) is 12.9. The first kappa shape index (κ1) is 25.5. The minimum atomic E-state index is -0.189. The predicted octanol–water partition coefficient (Wildman–Crippen LogP) is 4.16. The molecule has 4 rings (SSSR count). The Morgan fingerprint density at radius 3 is 2.60 bits per heavy atom. The van der Waals surface area contributed by atoms with Crippen LogP contribution in [-0.4, -0.2) is 66.9 Å². The first-order chi connectivity index (χ1) is 16.8. The van der Waals surface area contributed by atoms with Gasteiger partial charge in [-0.1, -0.05) is 24.4 Å². The van der Waals surface area contributed by atoms with E-state index in [1.807, 2.05) is 14.8 Å². The molecular weight excluding hydrogens is 442 g/mol. The van der Waals surface area contributed by atoms with Gasteiger partial charge in [0.2, 0.25) is 5.89 Å². The Morgan fingerprint density at radius 2 is 1.97 bits per heavy atom. The molecule has 2 aliphatic carbocycles. The molecule has 188 valence electrons. The Morgan fingerprint density at radius 1 is 1.17 bits per heavy atom. The number of allylic oxidation sites excluding steroid dienone is 4. The summed E-state index contributed by atoms with van der Waals surface area (Å²) in [6.07, 6.45) is 7.32. The number of nitrogens with zero attached hydrogens (tertiary/aromatic N) is 6. The van der Waals surface area contributed by atoms with E-state index in [-0.39, 0.29) is 11.2 Å². The van der Waals surface area contributed by atoms with Crippen molar-refractivity contribution in [2.75, 3.05) is 38.6 Å². The van der Waals surface area contributed by atoms with Gasteiger partial charge in [0.1, 0.15) is 13.7 Å². The minimum Gasteiger partial charge on any atom is -0.408 e. The van der Waals surface area contributed by atoms with E-state index < -0.39 is 0 Å². The summed E-state index contributed by atoms with van der Waals surface area (Å²) in [5.41, 5.74) is 4.42. The fourth-order valence-electron chi connectivity index (χ4n) is 5.54. The van der Waals surface area contributed by atoms with Gasteiger partial charge in [-0.05, 0) is 76.2 Å². The van der Waals surface area contributed by atoms with E-state index in [0.717, 1.165) is 69.3 Å². The molecule has 2 aromatic heterocycles. The molecule has 2 heterocycles. The molecule has 0 spiro atoms. The number of rotatable bonds is 9. The van der Waals surface area contributed by atoms with Crippen molar-refractivity contribution < 1.29 is 8.81 Å². The van der Waals surface area contributed by atoms with Crippen LogP contribution in [0.4, 0.5) is 10.4 Å². The van der Waals surface area contributed by atoms with E-state index in [9.17, 15) is 4.39 Å². The van der Waals surface area contributed by atoms with Gasteiger partial charge in [-0.2, -0.15) is 10.2 Å². The lowest BCUT2D eigenvalue weighted by atomic mass is 9.66. The van der Waals surface area contributed by atoms with Gasteiger partial charge in [0, 0.05) is 37.5 Å². The molecule has 0 unspecified atom stereocenters. The van der Waals surface area contributed by atoms with Crippen LogP contribution < -0.4 is 4.90 Å². The molecule has 0 saturated heterocycles. The second-order valence-electron chi connectivity index (χ2n) is 10.4. The lowest BCUT2D eigenvalue weighted by Gasteiger charge is -2.43. The van der Waals surface area contributed by atoms with Crippen molar-refractivity contribution in [3.05, 3.63) is 46.3 Å². The molecule has 7 nitrogen and oxygen atoms in total. The quantitative estimate of drug-likeness (QED) is 0.499. The van der Waals surface area contributed by atoms with Crippen LogP contribution in [0.15, 0.2) is 27.9 Å². The zero-order chi connectivity index (χ0) is 25.2. The molecule has 35 heavy (non-hydrogen) atoms. The van der Waals surface area contributed by atoms with Gasteiger partial charge in [-0.15, -0.1) is 5.10 Å². The highest BCUT2D eigenvalue weighted by atomic mass is 19.1. The number of hydrogen-bond acceptors (Lipinski definition) is 7. The molecule has 9 heteroatoms. The van der Waals surface area contributed by atoms with Crippen molar-refractivity contribution in [1.82, 2.24) is 25.3 Å². The number of hydrogen-bond donors (Lipinski definition) is 0. The molecule has 0 bridgehead atoms. The van der Waals surface area contributed by atoms with Gasteiger partial charge < -0.3 is 14.2 Å². The van der Waals surface area contributed by atoms with Crippen LogP contribution in [0.3, 0.4) is 0 Å². The van der Waals surface area contributed by atoms with Crippen LogP contribution >= 0.6 is 0 Å². The topological polar surface area (TPSA) is 71.2 Å². The molecule has 0 fully saturated rings. The van der Waals surface area contributed by atoms with Crippen molar-refractivity contribution in [3.63, 3.8) is 0 Å². The fourth-order valence-corrected chi connectivity index (χ4v) is 5.54. The number of halogens is 1. The number of likely N-dealkylation sites (N-methyl/N-ethyl adjacent to an activating group) is 1. The van der Waals surface area contributed by atoms with Crippen LogP contribution in [-0.2, 0) is 5.41 Å². The Hall–Kier alpha value is -2.55. The second-order valence-corrected chi connectivity index (χ2v) is 10.4. The average Bonchev–Trinajstić information content (AvgIpc) is 3.27. The maximum Gasteiger partial charge on any atom is 0.318 e. The molecule has 0 amide bonds.